The van der Waals surface area contributed by atoms with Gasteiger partial charge in [0.1, 0.15) is 17.1 Å². The lowest BCUT2D eigenvalue weighted by Gasteiger charge is -2.43. The maximum absolute atomic E-state index is 14.0. The van der Waals surface area contributed by atoms with Gasteiger partial charge in [-0.15, -0.1) is 0 Å². The van der Waals surface area contributed by atoms with Crippen molar-refractivity contribution >= 4 is 28.5 Å². The Morgan fingerprint density at radius 1 is 1.22 bits per heavy atom. The van der Waals surface area contributed by atoms with Crippen molar-refractivity contribution in [1.82, 2.24) is 15.2 Å². The van der Waals surface area contributed by atoms with Gasteiger partial charge in [0, 0.05) is 36.0 Å². The summed E-state index contributed by atoms with van der Waals surface area (Å²) in [6, 6.07) is 10.7. The number of carbonyl (C=O) groups excluding carboxylic acids is 3. The summed E-state index contributed by atoms with van der Waals surface area (Å²) >= 11 is 0. The number of Topliss-reactive ketones (excluding diaryl/α,β-unsaturated/α-hetero) is 1. The van der Waals surface area contributed by atoms with Crippen LogP contribution in [0.1, 0.15) is 30.7 Å². The Hall–Kier alpha value is -3.65. The van der Waals surface area contributed by atoms with Gasteiger partial charge in [0.25, 0.3) is 0 Å². The Morgan fingerprint density at radius 3 is 2.92 bits per heavy atom. The molecule has 7 atom stereocenters. The quantitative estimate of drug-likeness (QED) is 0.541. The van der Waals surface area contributed by atoms with Crippen LogP contribution in [-0.4, -0.2) is 51.8 Å². The number of furan rings is 1. The summed E-state index contributed by atoms with van der Waals surface area (Å²) in [5, 5.41) is 4.20. The number of hydrogen-bond donors (Lipinski definition) is 2. The van der Waals surface area contributed by atoms with Crippen molar-refractivity contribution in [3.63, 3.8) is 0 Å². The van der Waals surface area contributed by atoms with Crippen LogP contribution in [0.5, 0.6) is 0 Å². The van der Waals surface area contributed by atoms with Gasteiger partial charge in [-0.2, -0.15) is 0 Å². The molecule has 3 saturated heterocycles. The van der Waals surface area contributed by atoms with E-state index in [0.29, 0.717) is 18.7 Å². The van der Waals surface area contributed by atoms with E-state index in [1.54, 1.807) is 23.3 Å². The molecule has 1 aromatic carbocycles. The number of nitrogens with one attached hydrogen (secondary N) is 2. The summed E-state index contributed by atoms with van der Waals surface area (Å²) in [4.78, 5) is 45.5. The standard InChI is InChI=1S/C28H27N3O5/c1-15-20(32)13-19(21-7-4-12-35-21)31-25(15)28-10-8-22(36-28)23(24(28)27(31)34)26(33)29-11-9-16-14-30-18-6-3-2-5-17(16)18/h2-8,10,12,14-15,19,22-25,30H,9,11,13H2,1H3,(H,29,33)/t15-,19-,22-,23+,24+,25+,28+/m1/s1. The fourth-order valence-electron chi connectivity index (χ4n) is 7.04. The molecule has 0 radical (unpaired) electrons. The van der Waals surface area contributed by atoms with Gasteiger partial charge in [0.15, 0.2) is 0 Å². The minimum atomic E-state index is -0.971. The molecule has 2 N–H and O–H groups in total. The number of amides is 2. The van der Waals surface area contributed by atoms with E-state index in [2.05, 4.69) is 16.4 Å². The first kappa shape index (κ1) is 21.6. The number of nitrogens with zero attached hydrogens (tertiary/aromatic N) is 1. The molecule has 4 aliphatic heterocycles. The number of hydrogen-bond acceptors (Lipinski definition) is 5. The second-order valence-electron chi connectivity index (χ2n) is 10.4. The third kappa shape index (κ3) is 2.82. The average Bonchev–Trinajstić information content (AvgIpc) is 3.69. The number of aromatic amines is 1. The summed E-state index contributed by atoms with van der Waals surface area (Å²) < 4.78 is 12.0. The molecule has 8 heteroatoms. The molecule has 0 aliphatic carbocycles. The van der Waals surface area contributed by atoms with E-state index >= 15 is 0 Å². The van der Waals surface area contributed by atoms with Crippen LogP contribution in [0.3, 0.4) is 0 Å². The van der Waals surface area contributed by atoms with Crippen molar-refractivity contribution in [2.24, 2.45) is 17.8 Å². The molecule has 4 aliphatic rings. The lowest BCUT2D eigenvalue weighted by molar-refractivity contribution is -0.148. The maximum Gasteiger partial charge on any atom is 0.230 e. The predicted octanol–water partition coefficient (Wildman–Crippen LogP) is 2.92. The van der Waals surface area contributed by atoms with Gasteiger partial charge in [0.05, 0.1) is 36.3 Å². The lowest BCUT2D eigenvalue weighted by Crippen LogP contribution is -2.55. The number of aromatic nitrogens is 1. The van der Waals surface area contributed by atoms with Crippen LogP contribution >= 0.6 is 0 Å². The zero-order valence-corrected chi connectivity index (χ0v) is 19.8. The van der Waals surface area contributed by atoms with Crippen LogP contribution in [-0.2, 0) is 25.5 Å². The number of ether oxygens (including phenoxy) is 1. The van der Waals surface area contributed by atoms with Crippen molar-refractivity contribution in [3.8, 4) is 0 Å². The monoisotopic (exact) mass is 485 g/mol. The van der Waals surface area contributed by atoms with Gasteiger partial charge in [-0.05, 0) is 30.2 Å². The molecule has 3 aromatic rings. The molecular formula is C28H27N3O5. The molecule has 184 valence electrons. The first-order chi connectivity index (χ1) is 17.5. The van der Waals surface area contributed by atoms with Crippen molar-refractivity contribution in [1.29, 1.82) is 0 Å². The third-order valence-corrected chi connectivity index (χ3v) is 8.62. The number of benzene rings is 1. The molecule has 1 spiro atoms. The molecule has 2 bridgehead atoms. The molecule has 2 amide bonds. The maximum atomic E-state index is 14.0. The van der Waals surface area contributed by atoms with E-state index in [-0.39, 0.29) is 24.0 Å². The fraction of sp³-hybridized carbons (Fsp3) is 0.393. The number of rotatable bonds is 5. The van der Waals surface area contributed by atoms with Crippen LogP contribution < -0.4 is 5.32 Å². The van der Waals surface area contributed by atoms with E-state index < -0.39 is 41.5 Å². The van der Waals surface area contributed by atoms with Crippen LogP contribution in [0.25, 0.3) is 10.9 Å². The molecule has 3 fully saturated rings. The first-order valence-corrected chi connectivity index (χ1v) is 12.6. The molecule has 7 rings (SSSR count). The van der Waals surface area contributed by atoms with E-state index in [4.69, 9.17) is 9.15 Å². The van der Waals surface area contributed by atoms with Gasteiger partial charge in [0.2, 0.25) is 11.8 Å². The van der Waals surface area contributed by atoms with Crippen LogP contribution in [0, 0.1) is 17.8 Å². The van der Waals surface area contributed by atoms with Crippen molar-refractivity contribution in [2.45, 2.75) is 43.6 Å². The first-order valence-electron chi connectivity index (χ1n) is 12.6. The minimum Gasteiger partial charge on any atom is -0.467 e. The molecular weight excluding hydrogens is 458 g/mol. The Labute approximate surface area is 207 Å². The van der Waals surface area contributed by atoms with Gasteiger partial charge in [-0.1, -0.05) is 37.3 Å². The summed E-state index contributed by atoms with van der Waals surface area (Å²) in [5.74, 6) is -1.33. The molecule has 36 heavy (non-hydrogen) atoms. The van der Waals surface area contributed by atoms with Crippen LogP contribution in [0.2, 0.25) is 0 Å². The normalized spacial score (nSPS) is 34.4. The third-order valence-electron chi connectivity index (χ3n) is 8.62. The zero-order valence-electron chi connectivity index (χ0n) is 19.8. The molecule has 0 unspecified atom stereocenters. The number of carbonyl (C=O) groups is 3. The molecule has 6 heterocycles. The largest absolute Gasteiger partial charge is 0.467 e. The molecule has 2 aromatic heterocycles. The van der Waals surface area contributed by atoms with Crippen molar-refractivity contribution in [2.75, 3.05) is 6.54 Å². The highest BCUT2D eigenvalue weighted by molar-refractivity contribution is 5.96. The summed E-state index contributed by atoms with van der Waals surface area (Å²) in [6.45, 7) is 2.32. The van der Waals surface area contributed by atoms with E-state index in [0.717, 1.165) is 16.5 Å². The molecule has 8 nitrogen and oxygen atoms in total. The predicted molar refractivity (Wildman–Crippen MR) is 130 cm³/mol. The highest BCUT2D eigenvalue weighted by Crippen LogP contribution is 2.59. The Morgan fingerprint density at radius 2 is 2.08 bits per heavy atom. The van der Waals surface area contributed by atoms with Crippen LogP contribution in [0.15, 0.2) is 65.4 Å². The number of fused-ring (bicyclic) bond motifs is 3. The Balaban J connectivity index is 1.15. The number of ketones is 1. The van der Waals surface area contributed by atoms with Crippen molar-refractivity contribution < 1.29 is 23.5 Å². The summed E-state index contributed by atoms with van der Waals surface area (Å²) in [6.07, 6.45) is 7.75. The van der Waals surface area contributed by atoms with Crippen molar-refractivity contribution in [3.05, 3.63) is 72.3 Å². The highest BCUT2D eigenvalue weighted by Gasteiger charge is 2.74. The number of H-pyrrole nitrogens is 1. The van der Waals surface area contributed by atoms with Crippen LogP contribution in [0.4, 0.5) is 0 Å². The Kier molecular flexibility index (Phi) is 4.61. The number of para-hydroxylation sites is 1. The average molecular weight is 486 g/mol. The smallest absolute Gasteiger partial charge is 0.230 e. The lowest BCUT2D eigenvalue weighted by atomic mass is 9.70. The van der Waals surface area contributed by atoms with Gasteiger partial charge in [-0.25, -0.2) is 0 Å². The topological polar surface area (TPSA) is 105 Å². The van der Waals surface area contributed by atoms with E-state index in [9.17, 15) is 14.4 Å². The fourth-order valence-corrected chi connectivity index (χ4v) is 7.04. The van der Waals surface area contributed by atoms with E-state index in [1.165, 1.54) is 0 Å². The second kappa shape index (κ2) is 7.67. The summed E-state index contributed by atoms with van der Waals surface area (Å²) in [7, 11) is 0. The highest BCUT2D eigenvalue weighted by atomic mass is 16.5. The number of piperidine rings is 1. The summed E-state index contributed by atoms with van der Waals surface area (Å²) in [5.41, 5.74) is 1.23. The SMILES string of the molecule is C[C@@H]1C(=O)C[C@H](c2ccco2)N2C(=O)[C@@H]3[C@@H](C(=O)NCCc4c[nH]c5ccccc45)[C@H]4C=C[C@@]3(O4)[C@H]12. The van der Waals surface area contributed by atoms with Gasteiger partial charge < -0.3 is 24.4 Å². The molecule has 0 saturated carbocycles. The second-order valence-corrected chi connectivity index (χ2v) is 10.4. The van der Waals surface area contributed by atoms with Gasteiger partial charge >= 0.3 is 0 Å². The zero-order chi connectivity index (χ0) is 24.6. The van der Waals surface area contributed by atoms with Gasteiger partial charge in [-0.3, -0.25) is 14.4 Å². The minimum absolute atomic E-state index is 0.0764. The van der Waals surface area contributed by atoms with E-state index in [1.807, 2.05) is 43.5 Å². The Bertz CT molecular complexity index is 1410.